The van der Waals surface area contributed by atoms with Crippen LogP contribution in [-0.2, 0) is 11.2 Å². The Hall–Kier alpha value is -1.14. The van der Waals surface area contributed by atoms with Gasteiger partial charge >= 0.3 is 6.01 Å². The van der Waals surface area contributed by atoms with Gasteiger partial charge in [0.25, 0.3) is 0 Å². The van der Waals surface area contributed by atoms with Gasteiger partial charge in [0.15, 0.2) is 0 Å². The molecule has 2 heterocycles. The summed E-state index contributed by atoms with van der Waals surface area (Å²) in [6.45, 7) is 3.37. The molecule has 90 valence electrons. The molecule has 16 heavy (non-hydrogen) atoms. The zero-order valence-electron chi connectivity index (χ0n) is 9.72. The van der Waals surface area contributed by atoms with Crippen LogP contribution in [0.25, 0.3) is 0 Å². The molecule has 1 aromatic heterocycles. The van der Waals surface area contributed by atoms with Crippen molar-refractivity contribution in [3.8, 4) is 0 Å². The summed E-state index contributed by atoms with van der Waals surface area (Å²) in [5.41, 5.74) is 5.43. The summed E-state index contributed by atoms with van der Waals surface area (Å²) < 4.78 is 11.0. The van der Waals surface area contributed by atoms with Crippen molar-refractivity contribution in [2.45, 2.75) is 31.9 Å². The molecular formula is C10H18N4O2. The molecule has 6 nitrogen and oxygen atoms in total. The number of hydrogen-bond acceptors (Lipinski definition) is 6. The van der Waals surface area contributed by atoms with E-state index in [-0.39, 0.29) is 6.10 Å². The van der Waals surface area contributed by atoms with Crippen molar-refractivity contribution < 1.29 is 9.15 Å². The van der Waals surface area contributed by atoms with Crippen molar-refractivity contribution in [2.24, 2.45) is 5.73 Å². The molecule has 0 bridgehead atoms. The third kappa shape index (κ3) is 2.17. The maximum Gasteiger partial charge on any atom is 0.318 e. The van der Waals surface area contributed by atoms with Crippen molar-refractivity contribution in [3.63, 3.8) is 0 Å². The van der Waals surface area contributed by atoms with Crippen LogP contribution < -0.4 is 10.6 Å². The highest BCUT2D eigenvalue weighted by Gasteiger charge is 2.30. The molecule has 0 spiro atoms. The lowest BCUT2D eigenvalue weighted by molar-refractivity contribution is 0.117. The van der Waals surface area contributed by atoms with Crippen molar-refractivity contribution in [2.75, 3.05) is 25.1 Å². The smallest absolute Gasteiger partial charge is 0.318 e. The number of likely N-dealkylation sites (N-methyl/N-ethyl adjacent to an activating group) is 1. The molecule has 1 aliphatic heterocycles. The number of hydrogen-bond donors (Lipinski definition) is 1. The molecular weight excluding hydrogens is 208 g/mol. The van der Waals surface area contributed by atoms with Crippen molar-refractivity contribution in [3.05, 3.63) is 5.89 Å². The van der Waals surface area contributed by atoms with E-state index < -0.39 is 0 Å². The standard InChI is InChI=1S/C10H18N4O2/c1-7-8(4-6-15-7)14(2)10-13-12-9(16-10)3-5-11/h7-8H,3-6,11H2,1-2H3. The summed E-state index contributed by atoms with van der Waals surface area (Å²) in [6, 6.07) is 0.858. The van der Waals surface area contributed by atoms with E-state index in [2.05, 4.69) is 17.1 Å². The van der Waals surface area contributed by atoms with Crippen molar-refractivity contribution >= 4 is 6.01 Å². The molecule has 0 amide bonds. The number of nitrogens with zero attached hydrogens (tertiary/aromatic N) is 3. The average molecular weight is 226 g/mol. The first-order valence-electron chi connectivity index (χ1n) is 5.59. The fourth-order valence-corrected chi connectivity index (χ4v) is 1.98. The van der Waals surface area contributed by atoms with Crippen LogP contribution in [0, 0.1) is 0 Å². The Labute approximate surface area is 94.8 Å². The van der Waals surface area contributed by atoms with Crippen molar-refractivity contribution in [1.82, 2.24) is 10.2 Å². The highest BCUT2D eigenvalue weighted by Crippen LogP contribution is 2.23. The molecule has 6 heteroatoms. The van der Waals surface area contributed by atoms with Gasteiger partial charge in [-0.2, -0.15) is 0 Å². The molecule has 2 unspecified atom stereocenters. The number of rotatable bonds is 4. The molecule has 1 fully saturated rings. The number of aromatic nitrogens is 2. The summed E-state index contributed by atoms with van der Waals surface area (Å²) in [5, 5.41) is 7.96. The molecule has 2 atom stereocenters. The minimum Gasteiger partial charge on any atom is -0.408 e. The number of ether oxygens (including phenoxy) is 1. The Kier molecular flexibility index (Phi) is 3.40. The van der Waals surface area contributed by atoms with Crippen LogP contribution >= 0.6 is 0 Å². The van der Waals surface area contributed by atoms with Gasteiger partial charge in [-0.15, -0.1) is 5.10 Å². The maximum atomic E-state index is 5.51. The van der Waals surface area contributed by atoms with Gasteiger partial charge in [0, 0.05) is 26.6 Å². The Balaban J connectivity index is 2.04. The quantitative estimate of drug-likeness (QED) is 0.789. The highest BCUT2D eigenvalue weighted by atomic mass is 16.5. The molecule has 1 aliphatic rings. The average Bonchev–Trinajstić information content (AvgIpc) is 2.87. The molecule has 1 saturated heterocycles. The summed E-state index contributed by atoms with van der Waals surface area (Å²) in [5.74, 6) is 0.593. The van der Waals surface area contributed by atoms with Gasteiger partial charge in [-0.05, 0) is 13.3 Å². The van der Waals surface area contributed by atoms with E-state index in [0.29, 0.717) is 30.9 Å². The van der Waals surface area contributed by atoms with Crippen LogP contribution in [0.2, 0.25) is 0 Å². The van der Waals surface area contributed by atoms with E-state index in [0.717, 1.165) is 13.0 Å². The second-order valence-corrected chi connectivity index (χ2v) is 4.06. The predicted octanol–water partition coefficient (Wildman–Crippen LogP) is 0.184. The van der Waals surface area contributed by atoms with E-state index in [4.69, 9.17) is 14.9 Å². The second kappa shape index (κ2) is 4.80. The van der Waals surface area contributed by atoms with Crippen LogP contribution in [0.5, 0.6) is 0 Å². The number of anilines is 1. The lowest BCUT2D eigenvalue weighted by Crippen LogP contribution is -2.36. The summed E-state index contributed by atoms with van der Waals surface area (Å²) in [6.07, 6.45) is 1.82. The van der Waals surface area contributed by atoms with Gasteiger partial charge < -0.3 is 19.8 Å². The van der Waals surface area contributed by atoms with Gasteiger partial charge in [-0.3, -0.25) is 0 Å². The van der Waals surface area contributed by atoms with Crippen LogP contribution in [0.3, 0.4) is 0 Å². The van der Waals surface area contributed by atoms with Gasteiger partial charge in [0.2, 0.25) is 5.89 Å². The minimum absolute atomic E-state index is 0.204. The van der Waals surface area contributed by atoms with Gasteiger partial charge in [0.1, 0.15) is 0 Å². The van der Waals surface area contributed by atoms with Crippen LogP contribution in [0.15, 0.2) is 4.42 Å². The van der Waals surface area contributed by atoms with Gasteiger partial charge in [-0.1, -0.05) is 5.10 Å². The Morgan fingerprint density at radius 3 is 2.94 bits per heavy atom. The lowest BCUT2D eigenvalue weighted by Gasteiger charge is -2.24. The van der Waals surface area contributed by atoms with Crippen LogP contribution in [0.4, 0.5) is 6.01 Å². The summed E-state index contributed by atoms with van der Waals surface area (Å²) >= 11 is 0. The first-order chi connectivity index (χ1) is 7.72. The molecule has 0 aliphatic carbocycles. The maximum absolute atomic E-state index is 5.51. The molecule has 2 rings (SSSR count). The van der Waals surface area contributed by atoms with Crippen LogP contribution in [-0.4, -0.2) is 42.5 Å². The molecule has 2 N–H and O–H groups in total. The van der Waals surface area contributed by atoms with E-state index >= 15 is 0 Å². The normalized spacial score (nSPS) is 24.9. The third-order valence-corrected chi connectivity index (χ3v) is 2.95. The van der Waals surface area contributed by atoms with E-state index in [1.807, 2.05) is 11.9 Å². The molecule has 0 radical (unpaired) electrons. The largest absolute Gasteiger partial charge is 0.408 e. The fraction of sp³-hybridized carbons (Fsp3) is 0.800. The Bertz CT molecular complexity index is 341. The van der Waals surface area contributed by atoms with E-state index in [9.17, 15) is 0 Å². The van der Waals surface area contributed by atoms with Gasteiger partial charge in [-0.25, -0.2) is 0 Å². The summed E-state index contributed by atoms with van der Waals surface area (Å²) in [7, 11) is 1.95. The SMILES string of the molecule is CC1OCCC1N(C)c1nnc(CCN)o1. The Morgan fingerprint density at radius 2 is 2.31 bits per heavy atom. The van der Waals surface area contributed by atoms with Crippen molar-refractivity contribution in [1.29, 1.82) is 0 Å². The highest BCUT2D eigenvalue weighted by molar-refractivity contribution is 5.26. The third-order valence-electron chi connectivity index (χ3n) is 2.95. The molecule has 1 aromatic rings. The molecule has 0 saturated carbocycles. The number of nitrogens with two attached hydrogens (primary N) is 1. The zero-order valence-corrected chi connectivity index (χ0v) is 9.72. The monoisotopic (exact) mass is 226 g/mol. The van der Waals surface area contributed by atoms with Crippen LogP contribution in [0.1, 0.15) is 19.2 Å². The predicted molar refractivity (Wildman–Crippen MR) is 59.3 cm³/mol. The second-order valence-electron chi connectivity index (χ2n) is 4.06. The molecule has 0 aromatic carbocycles. The Morgan fingerprint density at radius 1 is 1.50 bits per heavy atom. The minimum atomic E-state index is 0.204. The fourth-order valence-electron chi connectivity index (χ4n) is 1.98. The zero-order chi connectivity index (χ0) is 11.5. The summed E-state index contributed by atoms with van der Waals surface area (Å²) in [4.78, 5) is 1.99. The lowest BCUT2D eigenvalue weighted by atomic mass is 10.1. The van der Waals surface area contributed by atoms with Gasteiger partial charge in [0.05, 0.1) is 12.1 Å². The first kappa shape index (κ1) is 11.3. The first-order valence-corrected chi connectivity index (χ1v) is 5.59. The van der Waals surface area contributed by atoms with E-state index in [1.165, 1.54) is 0 Å². The van der Waals surface area contributed by atoms with E-state index in [1.54, 1.807) is 0 Å². The topological polar surface area (TPSA) is 77.4 Å².